The summed E-state index contributed by atoms with van der Waals surface area (Å²) in [6, 6.07) is 5.32. The molecule has 0 saturated heterocycles. The van der Waals surface area contributed by atoms with Gasteiger partial charge in [-0.3, -0.25) is 14.8 Å². The summed E-state index contributed by atoms with van der Waals surface area (Å²) in [5.41, 5.74) is 2.91. The third-order valence-corrected chi connectivity index (χ3v) is 3.08. The molecule has 106 valence electrons. The summed E-state index contributed by atoms with van der Waals surface area (Å²) in [6.45, 7) is 5.91. The molecule has 0 aliphatic carbocycles. The number of hydrogen-bond acceptors (Lipinski definition) is 4. The molecule has 20 heavy (non-hydrogen) atoms. The van der Waals surface area contributed by atoms with E-state index in [1.807, 2.05) is 30.1 Å². The van der Waals surface area contributed by atoms with E-state index in [1.54, 1.807) is 19.1 Å². The SMILES string of the molecule is Cc1cnn(CCNCc2ccc(C)c([N+](=O)[O-])c2)c1. The van der Waals surface area contributed by atoms with Crippen molar-refractivity contribution < 1.29 is 4.92 Å². The predicted octanol–water partition coefficient (Wildman–Crippen LogP) is 2.20. The Morgan fingerprint density at radius 3 is 2.85 bits per heavy atom. The Morgan fingerprint density at radius 2 is 2.20 bits per heavy atom. The molecule has 1 aromatic heterocycles. The summed E-state index contributed by atoms with van der Waals surface area (Å²) in [6.07, 6.45) is 3.81. The average molecular weight is 274 g/mol. The number of nitro groups is 1. The van der Waals surface area contributed by atoms with Crippen LogP contribution in [-0.2, 0) is 13.1 Å². The molecule has 0 bridgehead atoms. The molecular weight excluding hydrogens is 256 g/mol. The first-order chi connectivity index (χ1) is 9.56. The Hall–Kier alpha value is -2.21. The van der Waals surface area contributed by atoms with E-state index in [4.69, 9.17) is 0 Å². The minimum Gasteiger partial charge on any atom is -0.311 e. The van der Waals surface area contributed by atoms with Gasteiger partial charge >= 0.3 is 0 Å². The van der Waals surface area contributed by atoms with Gasteiger partial charge in [0.05, 0.1) is 17.7 Å². The Morgan fingerprint density at radius 1 is 1.40 bits per heavy atom. The van der Waals surface area contributed by atoms with E-state index in [-0.39, 0.29) is 10.6 Å². The van der Waals surface area contributed by atoms with Crippen LogP contribution in [0, 0.1) is 24.0 Å². The molecule has 0 aliphatic rings. The van der Waals surface area contributed by atoms with Gasteiger partial charge in [0.1, 0.15) is 0 Å². The second-order valence-electron chi connectivity index (χ2n) is 4.84. The standard InChI is InChI=1S/C14H18N4O2/c1-11-8-16-17(10-11)6-5-15-9-13-4-3-12(2)14(7-13)18(19)20/h3-4,7-8,10,15H,5-6,9H2,1-2H3. The summed E-state index contributed by atoms with van der Waals surface area (Å²) in [4.78, 5) is 10.5. The van der Waals surface area contributed by atoms with Crippen LogP contribution in [0.1, 0.15) is 16.7 Å². The van der Waals surface area contributed by atoms with Gasteiger partial charge in [-0.05, 0) is 25.0 Å². The summed E-state index contributed by atoms with van der Waals surface area (Å²) in [5, 5.41) is 18.3. The van der Waals surface area contributed by atoms with E-state index in [2.05, 4.69) is 10.4 Å². The number of hydrogen-bond donors (Lipinski definition) is 1. The van der Waals surface area contributed by atoms with Gasteiger partial charge in [0.25, 0.3) is 5.69 Å². The molecule has 0 atom stereocenters. The summed E-state index contributed by atoms with van der Waals surface area (Å²) in [5.74, 6) is 0. The van der Waals surface area contributed by atoms with Crippen molar-refractivity contribution in [3.63, 3.8) is 0 Å². The highest BCUT2D eigenvalue weighted by Crippen LogP contribution is 2.18. The Bertz CT molecular complexity index is 607. The maximum absolute atomic E-state index is 10.9. The van der Waals surface area contributed by atoms with Crippen LogP contribution in [0.15, 0.2) is 30.6 Å². The van der Waals surface area contributed by atoms with Gasteiger partial charge in [0.2, 0.25) is 0 Å². The molecular formula is C14H18N4O2. The molecule has 6 nitrogen and oxygen atoms in total. The van der Waals surface area contributed by atoms with E-state index >= 15 is 0 Å². The first kappa shape index (κ1) is 14.2. The third-order valence-electron chi connectivity index (χ3n) is 3.08. The van der Waals surface area contributed by atoms with Gasteiger partial charge in [-0.15, -0.1) is 0 Å². The van der Waals surface area contributed by atoms with Gasteiger partial charge in [-0.1, -0.05) is 12.1 Å². The van der Waals surface area contributed by atoms with Crippen molar-refractivity contribution in [1.29, 1.82) is 0 Å². The topological polar surface area (TPSA) is 73.0 Å². The predicted molar refractivity (Wildman–Crippen MR) is 76.5 cm³/mol. The lowest BCUT2D eigenvalue weighted by molar-refractivity contribution is -0.385. The minimum atomic E-state index is -0.342. The highest BCUT2D eigenvalue weighted by Gasteiger charge is 2.10. The maximum Gasteiger partial charge on any atom is 0.272 e. The zero-order valence-electron chi connectivity index (χ0n) is 11.7. The molecule has 2 rings (SSSR count). The van der Waals surface area contributed by atoms with Crippen LogP contribution in [0.5, 0.6) is 0 Å². The van der Waals surface area contributed by atoms with Crippen LogP contribution in [0.3, 0.4) is 0 Å². The summed E-state index contributed by atoms with van der Waals surface area (Å²) < 4.78 is 1.87. The second kappa shape index (κ2) is 6.29. The van der Waals surface area contributed by atoms with Crippen molar-refractivity contribution in [3.8, 4) is 0 Å². The number of nitrogens with zero attached hydrogens (tertiary/aromatic N) is 3. The smallest absolute Gasteiger partial charge is 0.272 e. The van der Waals surface area contributed by atoms with E-state index in [1.165, 1.54) is 0 Å². The fraction of sp³-hybridized carbons (Fsp3) is 0.357. The van der Waals surface area contributed by atoms with Crippen LogP contribution >= 0.6 is 0 Å². The van der Waals surface area contributed by atoms with Gasteiger partial charge in [0.15, 0.2) is 0 Å². The van der Waals surface area contributed by atoms with Crippen LogP contribution < -0.4 is 5.32 Å². The van der Waals surface area contributed by atoms with Gasteiger partial charge in [0, 0.05) is 30.9 Å². The molecule has 1 heterocycles. The molecule has 0 aliphatic heterocycles. The van der Waals surface area contributed by atoms with Gasteiger partial charge in [-0.2, -0.15) is 5.10 Å². The molecule has 0 spiro atoms. The Labute approximate surface area is 117 Å². The van der Waals surface area contributed by atoms with Gasteiger partial charge in [-0.25, -0.2) is 0 Å². The van der Waals surface area contributed by atoms with Crippen molar-refractivity contribution in [1.82, 2.24) is 15.1 Å². The number of aryl methyl sites for hydroxylation is 2. The zero-order chi connectivity index (χ0) is 14.5. The Balaban J connectivity index is 1.85. The molecule has 0 saturated carbocycles. The van der Waals surface area contributed by atoms with Crippen molar-refractivity contribution in [2.75, 3.05) is 6.54 Å². The minimum absolute atomic E-state index is 0.173. The summed E-state index contributed by atoms with van der Waals surface area (Å²) >= 11 is 0. The van der Waals surface area contributed by atoms with E-state index in [9.17, 15) is 10.1 Å². The first-order valence-electron chi connectivity index (χ1n) is 6.50. The normalized spacial score (nSPS) is 10.7. The zero-order valence-corrected chi connectivity index (χ0v) is 11.7. The summed E-state index contributed by atoms with van der Waals surface area (Å²) in [7, 11) is 0. The van der Waals surface area contributed by atoms with Crippen molar-refractivity contribution in [3.05, 3.63) is 57.4 Å². The molecule has 0 radical (unpaired) electrons. The van der Waals surface area contributed by atoms with Crippen molar-refractivity contribution in [2.45, 2.75) is 26.9 Å². The van der Waals surface area contributed by atoms with E-state index in [0.717, 1.165) is 24.2 Å². The van der Waals surface area contributed by atoms with Crippen LogP contribution in [0.4, 0.5) is 5.69 Å². The fourth-order valence-electron chi connectivity index (χ4n) is 1.98. The lowest BCUT2D eigenvalue weighted by atomic mass is 10.1. The molecule has 0 fully saturated rings. The number of aromatic nitrogens is 2. The quantitative estimate of drug-likeness (QED) is 0.498. The number of rotatable bonds is 6. The second-order valence-corrected chi connectivity index (χ2v) is 4.84. The molecule has 1 N–H and O–H groups in total. The molecule has 2 aromatic rings. The lowest BCUT2D eigenvalue weighted by Crippen LogP contribution is -2.19. The maximum atomic E-state index is 10.9. The first-order valence-corrected chi connectivity index (χ1v) is 6.50. The van der Waals surface area contributed by atoms with Crippen LogP contribution in [0.25, 0.3) is 0 Å². The van der Waals surface area contributed by atoms with E-state index < -0.39 is 0 Å². The molecule has 1 aromatic carbocycles. The fourth-order valence-corrected chi connectivity index (χ4v) is 1.98. The Kier molecular flexibility index (Phi) is 4.47. The number of benzene rings is 1. The van der Waals surface area contributed by atoms with Crippen molar-refractivity contribution in [2.24, 2.45) is 0 Å². The van der Waals surface area contributed by atoms with Crippen LogP contribution in [-0.4, -0.2) is 21.2 Å². The third kappa shape index (κ3) is 3.64. The largest absolute Gasteiger partial charge is 0.311 e. The van der Waals surface area contributed by atoms with Crippen LogP contribution in [0.2, 0.25) is 0 Å². The molecule has 6 heteroatoms. The number of nitro benzene ring substituents is 1. The monoisotopic (exact) mass is 274 g/mol. The highest BCUT2D eigenvalue weighted by atomic mass is 16.6. The average Bonchev–Trinajstić information content (AvgIpc) is 2.82. The lowest BCUT2D eigenvalue weighted by Gasteiger charge is -2.06. The van der Waals surface area contributed by atoms with Crippen molar-refractivity contribution >= 4 is 5.69 Å². The highest BCUT2D eigenvalue weighted by molar-refractivity contribution is 5.42. The molecule has 0 unspecified atom stereocenters. The number of nitrogens with one attached hydrogen (secondary N) is 1. The van der Waals surface area contributed by atoms with E-state index in [0.29, 0.717) is 12.1 Å². The molecule has 0 amide bonds. The van der Waals surface area contributed by atoms with Gasteiger partial charge < -0.3 is 5.32 Å².